The number of hydrogen-bond acceptors (Lipinski definition) is 7. The Kier molecular flexibility index (Phi) is 5.31. The maximum Gasteiger partial charge on any atom is 0.202 e. The van der Waals surface area contributed by atoms with Gasteiger partial charge in [0.15, 0.2) is 11.5 Å². The first-order valence-electron chi connectivity index (χ1n) is 6.77. The first kappa shape index (κ1) is 16.2. The molecule has 0 aromatic heterocycles. The highest BCUT2D eigenvalue weighted by Crippen LogP contribution is 2.32. The second-order valence-corrected chi connectivity index (χ2v) is 4.76. The summed E-state index contributed by atoms with van der Waals surface area (Å²) >= 11 is 0. The van der Waals surface area contributed by atoms with Gasteiger partial charge >= 0.3 is 0 Å². The molecular formula is C15H21N5O2. The van der Waals surface area contributed by atoms with Crippen LogP contribution in [0.25, 0.3) is 0 Å². The Morgan fingerprint density at radius 2 is 1.23 bits per heavy atom. The highest BCUT2D eigenvalue weighted by Gasteiger charge is 2.15. The molecule has 1 atom stereocenters. The molecule has 0 saturated heterocycles. The molecule has 0 bridgehead atoms. The fourth-order valence-corrected chi connectivity index (χ4v) is 2.05. The van der Waals surface area contributed by atoms with Crippen molar-refractivity contribution in [3.63, 3.8) is 0 Å². The maximum absolute atomic E-state index is 6.26. The van der Waals surface area contributed by atoms with Gasteiger partial charge in [-0.25, -0.2) is 0 Å². The lowest BCUT2D eigenvalue weighted by molar-refractivity contribution is 0.176. The van der Waals surface area contributed by atoms with Crippen molar-refractivity contribution in [2.45, 2.75) is 18.7 Å². The van der Waals surface area contributed by atoms with Crippen LogP contribution >= 0.6 is 0 Å². The van der Waals surface area contributed by atoms with E-state index in [4.69, 9.17) is 38.1 Å². The summed E-state index contributed by atoms with van der Waals surface area (Å²) in [4.78, 5) is 0. The van der Waals surface area contributed by atoms with Gasteiger partial charge < -0.3 is 15.2 Å². The third-order valence-corrected chi connectivity index (χ3v) is 3.01. The molecule has 1 unspecified atom stereocenters. The van der Waals surface area contributed by atoms with Gasteiger partial charge in [-0.3, -0.25) is 22.9 Å². The van der Waals surface area contributed by atoms with Crippen molar-refractivity contribution in [1.82, 2.24) is 0 Å². The van der Waals surface area contributed by atoms with E-state index in [1.165, 1.54) is 0 Å². The fourth-order valence-electron chi connectivity index (χ4n) is 2.05. The van der Waals surface area contributed by atoms with Gasteiger partial charge in [0.05, 0.1) is 6.04 Å². The van der Waals surface area contributed by atoms with Gasteiger partial charge in [-0.15, -0.1) is 0 Å². The molecule has 0 spiro atoms. The summed E-state index contributed by atoms with van der Waals surface area (Å²) in [7, 11) is 0. The van der Waals surface area contributed by atoms with Crippen molar-refractivity contribution in [3.05, 3.63) is 59.7 Å². The Morgan fingerprint density at radius 3 is 1.82 bits per heavy atom. The minimum absolute atomic E-state index is 0.321. The molecule has 0 aliphatic rings. The predicted molar refractivity (Wildman–Crippen MR) is 84.5 cm³/mol. The molecule has 22 heavy (non-hydrogen) atoms. The average Bonchev–Trinajstić information content (AvgIpc) is 2.48. The molecule has 0 radical (unpaired) electrons. The van der Waals surface area contributed by atoms with Gasteiger partial charge in [-0.05, 0) is 23.3 Å². The molecule has 0 saturated carbocycles. The van der Waals surface area contributed by atoms with E-state index in [-0.39, 0.29) is 6.04 Å². The zero-order valence-corrected chi connectivity index (χ0v) is 12.1. The fraction of sp³-hybridized carbons (Fsp3) is 0.200. The SMILES string of the molecule is NC(N)Oc1ccc(C(N)c2ccccc2)cc1OC(N)N. The van der Waals surface area contributed by atoms with E-state index in [1.54, 1.807) is 12.1 Å². The zero-order chi connectivity index (χ0) is 16.1. The third kappa shape index (κ3) is 4.17. The molecule has 0 fully saturated rings. The van der Waals surface area contributed by atoms with Crippen LogP contribution in [-0.4, -0.2) is 12.7 Å². The van der Waals surface area contributed by atoms with E-state index in [9.17, 15) is 0 Å². The Hall–Kier alpha value is -2.16. The lowest BCUT2D eigenvalue weighted by atomic mass is 9.99. The van der Waals surface area contributed by atoms with E-state index < -0.39 is 12.7 Å². The molecule has 0 aliphatic heterocycles. The second-order valence-electron chi connectivity index (χ2n) is 4.76. The van der Waals surface area contributed by atoms with Crippen LogP contribution in [0.15, 0.2) is 48.5 Å². The number of hydrogen-bond donors (Lipinski definition) is 5. The minimum atomic E-state index is -1.00. The molecule has 0 amide bonds. The normalized spacial score (nSPS) is 12.5. The summed E-state index contributed by atoms with van der Waals surface area (Å²) < 4.78 is 10.6. The number of nitrogens with two attached hydrogens (primary N) is 5. The summed E-state index contributed by atoms with van der Waals surface area (Å²) in [6.45, 7) is 0. The topological polar surface area (TPSA) is 149 Å². The highest BCUT2D eigenvalue weighted by molar-refractivity contribution is 5.46. The Morgan fingerprint density at radius 1 is 0.636 bits per heavy atom. The quantitative estimate of drug-likeness (QED) is 0.467. The van der Waals surface area contributed by atoms with Gasteiger partial charge in [0.1, 0.15) is 0 Å². The monoisotopic (exact) mass is 303 g/mol. The molecule has 10 N–H and O–H groups in total. The molecule has 2 aromatic carbocycles. The number of rotatable bonds is 6. The Bertz CT molecular complexity index is 604. The molecule has 0 heterocycles. The van der Waals surface area contributed by atoms with Gasteiger partial charge in [-0.2, -0.15) is 0 Å². The van der Waals surface area contributed by atoms with Crippen LogP contribution in [0, 0.1) is 0 Å². The third-order valence-electron chi connectivity index (χ3n) is 3.01. The average molecular weight is 303 g/mol. The van der Waals surface area contributed by atoms with Gasteiger partial charge in [0.2, 0.25) is 12.7 Å². The Balaban J connectivity index is 2.33. The Labute approximate surface area is 129 Å². The molecular weight excluding hydrogens is 282 g/mol. The standard InChI is InChI=1S/C15H21N5O2/c16-13(9-4-2-1-3-5-9)10-6-7-11(21-14(17)18)12(8-10)22-15(19)20/h1-8,13-15H,16-20H2. The molecule has 2 rings (SSSR count). The smallest absolute Gasteiger partial charge is 0.202 e. The van der Waals surface area contributed by atoms with Crippen LogP contribution in [0.5, 0.6) is 11.5 Å². The second kappa shape index (κ2) is 7.21. The van der Waals surface area contributed by atoms with Crippen LogP contribution in [-0.2, 0) is 0 Å². The molecule has 2 aromatic rings. The van der Waals surface area contributed by atoms with Crippen LogP contribution < -0.4 is 38.1 Å². The van der Waals surface area contributed by atoms with Gasteiger partial charge in [0.25, 0.3) is 0 Å². The van der Waals surface area contributed by atoms with Crippen molar-refractivity contribution in [2.75, 3.05) is 0 Å². The van der Waals surface area contributed by atoms with E-state index in [1.807, 2.05) is 36.4 Å². The summed E-state index contributed by atoms with van der Waals surface area (Å²) in [5.74, 6) is 0.680. The molecule has 7 nitrogen and oxygen atoms in total. The largest absolute Gasteiger partial charge is 0.459 e. The van der Waals surface area contributed by atoms with Crippen LogP contribution in [0.4, 0.5) is 0 Å². The number of benzene rings is 2. The summed E-state index contributed by atoms with van der Waals surface area (Å²) in [6.07, 6.45) is -1.98. The first-order chi connectivity index (χ1) is 10.5. The van der Waals surface area contributed by atoms with Gasteiger partial charge in [-0.1, -0.05) is 36.4 Å². The highest BCUT2D eigenvalue weighted by atomic mass is 16.5. The predicted octanol–water partition coefficient (Wildman–Crippen LogP) is -0.106. The molecule has 118 valence electrons. The van der Waals surface area contributed by atoms with Gasteiger partial charge in [0, 0.05) is 0 Å². The zero-order valence-electron chi connectivity index (χ0n) is 12.1. The van der Waals surface area contributed by atoms with Crippen molar-refractivity contribution in [1.29, 1.82) is 0 Å². The minimum Gasteiger partial charge on any atom is -0.459 e. The van der Waals surface area contributed by atoms with E-state index >= 15 is 0 Å². The summed E-state index contributed by atoms with van der Waals surface area (Å²) in [6, 6.07) is 14.5. The van der Waals surface area contributed by atoms with Crippen LogP contribution in [0.1, 0.15) is 17.2 Å². The molecule has 7 heteroatoms. The van der Waals surface area contributed by atoms with Crippen molar-refractivity contribution in [2.24, 2.45) is 28.7 Å². The van der Waals surface area contributed by atoms with E-state index in [2.05, 4.69) is 0 Å². The first-order valence-corrected chi connectivity index (χ1v) is 6.77. The maximum atomic E-state index is 6.26. The summed E-state index contributed by atoms with van der Waals surface area (Å²) in [5, 5.41) is 0. The van der Waals surface area contributed by atoms with Crippen LogP contribution in [0.3, 0.4) is 0 Å². The van der Waals surface area contributed by atoms with Crippen molar-refractivity contribution in [3.8, 4) is 11.5 Å². The number of ether oxygens (including phenoxy) is 2. The summed E-state index contributed by atoms with van der Waals surface area (Å²) in [5.41, 5.74) is 29.8. The molecule has 0 aliphatic carbocycles. The van der Waals surface area contributed by atoms with E-state index in [0.717, 1.165) is 11.1 Å². The lowest BCUT2D eigenvalue weighted by Gasteiger charge is -2.19. The van der Waals surface area contributed by atoms with E-state index in [0.29, 0.717) is 11.5 Å². The van der Waals surface area contributed by atoms with Crippen molar-refractivity contribution < 1.29 is 9.47 Å². The van der Waals surface area contributed by atoms with Crippen LogP contribution in [0.2, 0.25) is 0 Å². The van der Waals surface area contributed by atoms with Crippen molar-refractivity contribution >= 4 is 0 Å². The lowest BCUT2D eigenvalue weighted by Crippen LogP contribution is -2.38.